The van der Waals surface area contributed by atoms with Crippen LogP contribution in [0, 0.1) is 0 Å². The third-order valence-electron chi connectivity index (χ3n) is 2.57. The Hall–Kier alpha value is -1.20. The number of aromatic nitrogens is 1. The van der Waals surface area contributed by atoms with Crippen molar-refractivity contribution in [2.45, 2.75) is 20.3 Å². The Morgan fingerprint density at radius 3 is 2.65 bits per heavy atom. The summed E-state index contributed by atoms with van der Waals surface area (Å²) in [6, 6.07) is 1.63. The number of hydrogen-bond donors (Lipinski definition) is 2. The monoisotopic (exact) mass is 318 g/mol. The Balaban J connectivity index is 2.83. The smallest absolute Gasteiger partial charge is 0.239 e. The number of carbonyl (C=O) groups excluding carboxylic acids is 1. The van der Waals surface area contributed by atoms with Gasteiger partial charge in [0.25, 0.3) is 0 Å². The van der Waals surface area contributed by atoms with Gasteiger partial charge in [-0.15, -0.1) is 0 Å². The Morgan fingerprint density at radius 1 is 1.35 bits per heavy atom. The van der Waals surface area contributed by atoms with Gasteiger partial charge in [0.15, 0.2) is 0 Å². The van der Waals surface area contributed by atoms with Crippen LogP contribution < -0.4 is 15.5 Å². The number of anilines is 2. The van der Waals surface area contributed by atoms with Crippen LogP contribution in [0.1, 0.15) is 20.3 Å². The summed E-state index contributed by atoms with van der Waals surface area (Å²) in [5.41, 5.74) is 0. The second-order valence-corrected chi connectivity index (χ2v) is 5.17. The van der Waals surface area contributed by atoms with Crippen molar-refractivity contribution in [3.63, 3.8) is 0 Å². The predicted octanol–water partition coefficient (Wildman–Crippen LogP) is 2.78. The third kappa shape index (κ3) is 4.72. The second kappa shape index (κ2) is 8.17. The molecule has 0 saturated heterocycles. The van der Waals surface area contributed by atoms with E-state index in [1.54, 1.807) is 18.0 Å². The summed E-state index contributed by atoms with van der Waals surface area (Å²) >= 11 is 12.2. The molecule has 0 atom stereocenters. The van der Waals surface area contributed by atoms with Crippen LogP contribution >= 0.6 is 23.2 Å². The van der Waals surface area contributed by atoms with Crippen molar-refractivity contribution in [3.05, 3.63) is 16.1 Å². The molecule has 1 rings (SSSR count). The molecule has 20 heavy (non-hydrogen) atoms. The summed E-state index contributed by atoms with van der Waals surface area (Å²) in [5, 5.41) is 6.75. The maximum absolute atomic E-state index is 11.7. The van der Waals surface area contributed by atoms with E-state index in [0.29, 0.717) is 34.8 Å². The van der Waals surface area contributed by atoms with Crippen molar-refractivity contribution in [2.75, 3.05) is 36.9 Å². The molecule has 5 nitrogen and oxygen atoms in total. The van der Waals surface area contributed by atoms with Crippen molar-refractivity contribution in [1.29, 1.82) is 0 Å². The molecule has 1 aromatic heterocycles. The number of nitrogens with one attached hydrogen (secondary N) is 2. The summed E-state index contributed by atoms with van der Waals surface area (Å²) in [4.78, 5) is 17.8. The van der Waals surface area contributed by atoms with Crippen molar-refractivity contribution < 1.29 is 4.79 Å². The van der Waals surface area contributed by atoms with Crippen LogP contribution in [-0.2, 0) is 4.79 Å². The second-order valence-electron chi connectivity index (χ2n) is 4.36. The molecule has 0 aliphatic heterocycles. The predicted molar refractivity (Wildman–Crippen MR) is 85.0 cm³/mol. The molecule has 1 amide bonds. The Kier molecular flexibility index (Phi) is 6.88. The number of nitrogens with zero attached hydrogens (tertiary/aromatic N) is 2. The van der Waals surface area contributed by atoms with E-state index in [1.165, 1.54) is 0 Å². The minimum Gasteiger partial charge on any atom is -0.369 e. The molecule has 1 heterocycles. The molecule has 112 valence electrons. The van der Waals surface area contributed by atoms with Crippen LogP contribution in [0.25, 0.3) is 0 Å². The van der Waals surface area contributed by atoms with Crippen LogP contribution in [-0.4, -0.2) is 37.6 Å². The standard InChI is InChI=1S/C13H20Cl2N4O/c1-4-6-17-11(20)8-19(3)13-10(15)7-9(14)12(18-13)16-5-2/h7H,4-6,8H2,1-3H3,(H,16,18)(H,17,20). The first-order valence-corrected chi connectivity index (χ1v) is 7.32. The van der Waals surface area contributed by atoms with Gasteiger partial charge in [-0.25, -0.2) is 4.98 Å². The molecule has 2 N–H and O–H groups in total. The molecule has 0 spiro atoms. The fraction of sp³-hybridized carbons (Fsp3) is 0.538. The number of rotatable bonds is 7. The summed E-state index contributed by atoms with van der Waals surface area (Å²) in [7, 11) is 1.77. The molecule has 0 fully saturated rings. The van der Waals surface area contributed by atoms with Crippen LogP contribution in [0.3, 0.4) is 0 Å². The SMILES string of the molecule is CCCNC(=O)CN(C)c1nc(NCC)c(Cl)cc1Cl. The molecule has 0 bridgehead atoms. The van der Waals surface area contributed by atoms with Gasteiger partial charge >= 0.3 is 0 Å². The first-order valence-electron chi connectivity index (χ1n) is 6.57. The first-order chi connectivity index (χ1) is 9.49. The fourth-order valence-electron chi connectivity index (χ4n) is 1.63. The Bertz CT molecular complexity index is 468. The number of pyridine rings is 1. The van der Waals surface area contributed by atoms with Crippen LogP contribution in [0.4, 0.5) is 11.6 Å². The van der Waals surface area contributed by atoms with Gasteiger partial charge in [0.05, 0.1) is 16.6 Å². The number of amides is 1. The molecule has 0 saturated carbocycles. The van der Waals surface area contributed by atoms with E-state index in [0.717, 1.165) is 6.42 Å². The molecule has 0 aromatic carbocycles. The zero-order chi connectivity index (χ0) is 15.1. The lowest BCUT2D eigenvalue weighted by Crippen LogP contribution is -2.36. The van der Waals surface area contributed by atoms with Crippen LogP contribution in [0.5, 0.6) is 0 Å². The average molecular weight is 319 g/mol. The zero-order valence-electron chi connectivity index (χ0n) is 12.0. The number of hydrogen-bond acceptors (Lipinski definition) is 4. The summed E-state index contributed by atoms with van der Waals surface area (Å²) in [6.45, 7) is 5.52. The lowest BCUT2D eigenvalue weighted by Gasteiger charge is -2.20. The molecule has 0 aliphatic carbocycles. The van der Waals surface area contributed by atoms with E-state index in [2.05, 4.69) is 15.6 Å². The first kappa shape index (κ1) is 16.9. The molecule has 0 unspecified atom stereocenters. The maximum Gasteiger partial charge on any atom is 0.239 e. The van der Waals surface area contributed by atoms with E-state index in [-0.39, 0.29) is 12.5 Å². The highest BCUT2D eigenvalue weighted by Gasteiger charge is 2.14. The van der Waals surface area contributed by atoms with Crippen LogP contribution in [0.2, 0.25) is 10.0 Å². The average Bonchev–Trinajstić information content (AvgIpc) is 2.39. The normalized spacial score (nSPS) is 10.2. The van der Waals surface area contributed by atoms with Crippen molar-refractivity contribution >= 4 is 40.7 Å². The summed E-state index contributed by atoms with van der Waals surface area (Å²) in [6.07, 6.45) is 0.903. The largest absolute Gasteiger partial charge is 0.369 e. The molecule has 0 aliphatic rings. The summed E-state index contributed by atoms with van der Waals surface area (Å²) in [5.74, 6) is 1.03. The molecular formula is C13H20Cl2N4O. The minimum atomic E-state index is -0.0628. The van der Waals surface area contributed by atoms with E-state index >= 15 is 0 Å². The van der Waals surface area contributed by atoms with Gasteiger partial charge in [0.2, 0.25) is 5.91 Å². The van der Waals surface area contributed by atoms with Gasteiger partial charge in [0, 0.05) is 20.1 Å². The van der Waals surface area contributed by atoms with Gasteiger partial charge in [0.1, 0.15) is 11.6 Å². The molecule has 0 radical (unpaired) electrons. The van der Waals surface area contributed by atoms with Gasteiger partial charge in [-0.05, 0) is 19.4 Å². The van der Waals surface area contributed by atoms with Crippen LogP contribution in [0.15, 0.2) is 6.07 Å². The molecular weight excluding hydrogens is 299 g/mol. The summed E-state index contributed by atoms with van der Waals surface area (Å²) < 4.78 is 0. The molecule has 7 heteroatoms. The third-order valence-corrected chi connectivity index (χ3v) is 3.14. The number of carbonyl (C=O) groups is 1. The van der Waals surface area contributed by atoms with Crippen molar-refractivity contribution in [1.82, 2.24) is 10.3 Å². The maximum atomic E-state index is 11.7. The Morgan fingerprint density at radius 2 is 2.05 bits per heavy atom. The van der Waals surface area contributed by atoms with E-state index < -0.39 is 0 Å². The van der Waals surface area contributed by atoms with Gasteiger partial charge in [-0.1, -0.05) is 30.1 Å². The topological polar surface area (TPSA) is 57.3 Å². The van der Waals surface area contributed by atoms with Crippen molar-refractivity contribution in [3.8, 4) is 0 Å². The fourth-order valence-corrected chi connectivity index (χ4v) is 2.20. The van der Waals surface area contributed by atoms with Gasteiger partial charge in [-0.2, -0.15) is 0 Å². The highest BCUT2D eigenvalue weighted by molar-refractivity contribution is 6.37. The zero-order valence-corrected chi connectivity index (χ0v) is 13.5. The minimum absolute atomic E-state index is 0.0628. The van der Waals surface area contributed by atoms with E-state index in [9.17, 15) is 4.79 Å². The molecule has 1 aromatic rings. The number of halogens is 2. The van der Waals surface area contributed by atoms with Gasteiger partial charge in [-0.3, -0.25) is 4.79 Å². The van der Waals surface area contributed by atoms with Gasteiger partial charge < -0.3 is 15.5 Å². The quantitative estimate of drug-likeness (QED) is 0.811. The van der Waals surface area contributed by atoms with E-state index in [4.69, 9.17) is 23.2 Å². The number of likely N-dealkylation sites (N-methyl/N-ethyl adjacent to an activating group) is 1. The Labute approximate surface area is 129 Å². The lowest BCUT2D eigenvalue weighted by atomic mass is 10.4. The van der Waals surface area contributed by atoms with E-state index in [1.807, 2.05) is 13.8 Å². The lowest BCUT2D eigenvalue weighted by molar-refractivity contribution is -0.119. The highest BCUT2D eigenvalue weighted by Crippen LogP contribution is 2.30. The van der Waals surface area contributed by atoms with Crippen molar-refractivity contribution in [2.24, 2.45) is 0 Å². The highest BCUT2D eigenvalue weighted by atomic mass is 35.5.